The van der Waals surface area contributed by atoms with Gasteiger partial charge in [-0.3, -0.25) is 14.5 Å². The van der Waals surface area contributed by atoms with Crippen molar-refractivity contribution in [3.8, 4) is 5.75 Å². The van der Waals surface area contributed by atoms with Gasteiger partial charge in [-0.2, -0.15) is 0 Å². The summed E-state index contributed by atoms with van der Waals surface area (Å²) < 4.78 is 10.7. The normalized spacial score (nSPS) is 19.4. The van der Waals surface area contributed by atoms with Crippen LogP contribution in [-0.2, 0) is 19.9 Å². The Bertz CT molecular complexity index is 1130. The van der Waals surface area contributed by atoms with E-state index in [9.17, 15) is 19.2 Å². The molecular formula is C22H23N3O6S. The summed E-state index contributed by atoms with van der Waals surface area (Å²) in [5, 5.41) is 5.77. The zero-order valence-corrected chi connectivity index (χ0v) is 18.8. The topological polar surface area (TPSA) is 114 Å². The molecule has 32 heavy (non-hydrogen) atoms. The van der Waals surface area contributed by atoms with E-state index in [4.69, 9.17) is 9.47 Å². The van der Waals surface area contributed by atoms with Gasteiger partial charge < -0.3 is 20.1 Å². The van der Waals surface area contributed by atoms with E-state index in [0.717, 1.165) is 15.3 Å². The number of aryl methyl sites for hydroxylation is 1. The highest BCUT2D eigenvalue weighted by Gasteiger charge is 2.55. The van der Waals surface area contributed by atoms with Crippen LogP contribution in [0.25, 0.3) is 0 Å². The molecule has 3 heterocycles. The van der Waals surface area contributed by atoms with E-state index in [2.05, 4.69) is 10.6 Å². The second kappa shape index (κ2) is 8.27. The first-order valence-corrected chi connectivity index (χ1v) is 11.0. The minimum atomic E-state index is -1.25. The van der Waals surface area contributed by atoms with E-state index in [-0.39, 0.29) is 25.2 Å². The van der Waals surface area contributed by atoms with Gasteiger partial charge >= 0.3 is 12.0 Å². The number of carbonyl (C=O) groups excluding carboxylic acids is 4. The molecule has 4 amide bonds. The molecule has 1 fully saturated rings. The van der Waals surface area contributed by atoms with Gasteiger partial charge in [0, 0.05) is 16.9 Å². The number of urea groups is 1. The summed E-state index contributed by atoms with van der Waals surface area (Å²) in [6.45, 7) is 5.30. The van der Waals surface area contributed by atoms with Crippen molar-refractivity contribution in [3.05, 3.63) is 45.8 Å². The van der Waals surface area contributed by atoms with Crippen LogP contribution in [0.2, 0.25) is 0 Å². The smallest absolute Gasteiger partial charge is 0.341 e. The number of rotatable bonds is 5. The van der Waals surface area contributed by atoms with Gasteiger partial charge in [-0.1, -0.05) is 18.2 Å². The van der Waals surface area contributed by atoms with Crippen LogP contribution in [0.4, 0.5) is 9.80 Å². The Balaban J connectivity index is 1.55. The summed E-state index contributed by atoms with van der Waals surface area (Å²) in [5.74, 6) is -1.09. The number of amides is 4. The average molecular weight is 458 g/mol. The van der Waals surface area contributed by atoms with Crippen molar-refractivity contribution >= 4 is 40.2 Å². The number of hydrogen-bond acceptors (Lipinski definition) is 7. The number of para-hydroxylation sites is 1. The first kappa shape index (κ1) is 21.8. The molecule has 4 rings (SSSR count). The Kier molecular flexibility index (Phi) is 5.64. The SMILES string of the molecule is CCOC(=O)c1c(NC(=O)CN2C(=O)N[C@]3(CCOc4ccccc43)C2=O)sc(C)c1C. The zero-order valence-electron chi connectivity index (χ0n) is 17.9. The van der Waals surface area contributed by atoms with Crippen LogP contribution in [0.1, 0.15) is 39.7 Å². The number of ether oxygens (including phenoxy) is 2. The average Bonchev–Trinajstić information content (AvgIpc) is 3.16. The number of carbonyl (C=O) groups is 4. The molecular weight excluding hydrogens is 434 g/mol. The van der Waals surface area contributed by atoms with Crippen molar-refractivity contribution in [2.24, 2.45) is 0 Å². The lowest BCUT2D eigenvalue weighted by Crippen LogP contribution is -2.48. The second-order valence-corrected chi connectivity index (χ2v) is 8.80. The van der Waals surface area contributed by atoms with E-state index < -0.39 is 35.9 Å². The standard InChI is InChI=1S/C22H23N3O6S/c1-4-30-19(27)17-12(2)13(3)32-18(17)23-16(26)11-25-20(28)22(24-21(25)29)9-10-31-15-8-6-5-7-14(15)22/h5-8H,4,9-11H2,1-3H3,(H,23,26)(H,24,29)/t22-/m0/s1. The fourth-order valence-corrected chi connectivity index (χ4v) is 5.05. The molecule has 9 nitrogen and oxygen atoms in total. The molecule has 1 atom stereocenters. The monoisotopic (exact) mass is 457 g/mol. The summed E-state index contributed by atoms with van der Waals surface area (Å²) in [5.41, 5.74) is 0.325. The van der Waals surface area contributed by atoms with Crippen molar-refractivity contribution in [2.75, 3.05) is 25.1 Å². The highest BCUT2D eigenvalue weighted by atomic mass is 32.1. The Labute approximate surface area is 188 Å². The number of nitrogens with zero attached hydrogens (tertiary/aromatic N) is 1. The fraction of sp³-hybridized carbons (Fsp3) is 0.364. The number of esters is 1. The van der Waals surface area contributed by atoms with Crippen LogP contribution < -0.4 is 15.4 Å². The van der Waals surface area contributed by atoms with Crippen molar-refractivity contribution in [1.29, 1.82) is 0 Å². The molecule has 0 saturated carbocycles. The minimum Gasteiger partial charge on any atom is -0.493 e. The molecule has 2 aliphatic rings. The van der Waals surface area contributed by atoms with Crippen LogP contribution in [0.15, 0.2) is 24.3 Å². The molecule has 1 saturated heterocycles. The van der Waals surface area contributed by atoms with E-state index >= 15 is 0 Å². The van der Waals surface area contributed by atoms with Gasteiger partial charge in [-0.15, -0.1) is 11.3 Å². The number of benzene rings is 1. The first-order chi connectivity index (χ1) is 15.3. The zero-order chi connectivity index (χ0) is 23.0. The molecule has 2 N–H and O–H groups in total. The van der Waals surface area contributed by atoms with Gasteiger partial charge in [0.25, 0.3) is 5.91 Å². The van der Waals surface area contributed by atoms with Gasteiger partial charge in [-0.25, -0.2) is 9.59 Å². The molecule has 0 radical (unpaired) electrons. The quantitative estimate of drug-likeness (QED) is 0.527. The molecule has 1 spiro atoms. The Morgan fingerprint density at radius 1 is 1.28 bits per heavy atom. The number of hydrogen-bond donors (Lipinski definition) is 2. The van der Waals surface area contributed by atoms with E-state index in [1.54, 1.807) is 38.1 Å². The predicted molar refractivity (Wildman–Crippen MR) is 117 cm³/mol. The lowest BCUT2D eigenvalue weighted by molar-refractivity contribution is -0.135. The number of thiophene rings is 1. The van der Waals surface area contributed by atoms with Crippen LogP contribution in [-0.4, -0.2) is 48.5 Å². The maximum Gasteiger partial charge on any atom is 0.341 e. The summed E-state index contributed by atoms with van der Waals surface area (Å²) in [7, 11) is 0. The third-order valence-corrected chi connectivity index (χ3v) is 6.80. The Morgan fingerprint density at radius 3 is 2.78 bits per heavy atom. The van der Waals surface area contributed by atoms with E-state index in [0.29, 0.717) is 16.3 Å². The first-order valence-electron chi connectivity index (χ1n) is 10.2. The van der Waals surface area contributed by atoms with E-state index in [1.807, 2.05) is 6.92 Å². The Hall–Kier alpha value is -3.40. The van der Waals surface area contributed by atoms with Crippen LogP contribution in [0, 0.1) is 13.8 Å². The van der Waals surface area contributed by atoms with Gasteiger partial charge in [0.05, 0.1) is 18.8 Å². The number of anilines is 1. The minimum absolute atomic E-state index is 0.205. The van der Waals surface area contributed by atoms with Crippen LogP contribution in [0.3, 0.4) is 0 Å². The van der Waals surface area contributed by atoms with Crippen molar-refractivity contribution in [1.82, 2.24) is 10.2 Å². The largest absolute Gasteiger partial charge is 0.493 e. The van der Waals surface area contributed by atoms with Crippen molar-refractivity contribution in [3.63, 3.8) is 0 Å². The molecule has 0 unspecified atom stereocenters. The molecule has 2 aliphatic heterocycles. The molecule has 168 valence electrons. The third-order valence-electron chi connectivity index (χ3n) is 5.68. The number of nitrogens with one attached hydrogen (secondary N) is 2. The maximum absolute atomic E-state index is 13.3. The maximum atomic E-state index is 13.3. The number of imide groups is 1. The van der Waals surface area contributed by atoms with E-state index in [1.165, 1.54) is 11.3 Å². The van der Waals surface area contributed by atoms with Crippen LogP contribution in [0.5, 0.6) is 5.75 Å². The molecule has 1 aromatic carbocycles. The van der Waals surface area contributed by atoms with Crippen molar-refractivity contribution in [2.45, 2.75) is 32.7 Å². The number of fused-ring (bicyclic) bond motifs is 2. The van der Waals surface area contributed by atoms with Gasteiger partial charge in [0.1, 0.15) is 17.3 Å². The summed E-state index contributed by atoms with van der Waals surface area (Å²) in [6.07, 6.45) is 0.267. The molecule has 1 aromatic heterocycles. The second-order valence-electron chi connectivity index (χ2n) is 7.58. The fourth-order valence-electron chi connectivity index (χ4n) is 3.99. The lowest BCUT2D eigenvalue weighted by atomic mass is 9.84. The van der Waals surface area contributed by atoms with Gasteiger partial charge in [0.15, 0.2) is 5.54 Å². The highest BCUT2D eigenvalue weighted by molar-refractivity contribution is 7.16. The molecule has 2 aromatic rings. The van der Waals surface area contributed by atoms with Crippen LogP contribution >= 0.6 is 11.3 Å². The van der Waals surface area contributed by atoms with Gasteiger partial charge in [-0.05, 0) is 32.4 Å². The highest BCUT2D eigenvalue weighted by Crippen LogP contribution is 2.41. The molecule has 0 bridgehead atoms. The summed E-state index contributed by atoms with van der Waals surface area (Å²) in [4.78, 5) is 52.8. The van der Waals surface area contributed by atoms with Crippen molar-refractivity contribution < 1.29 is 28.7 Å². The molecule has 0 aliphatic carbocycles. The third kappa shape index (κ3) is 3.50. The Morgan fingerprint density at radius 2 is 2.03 bits per heavy atom. The predicted octanol–water partition coefficient (Wildman–Crippen LogP) is 2.71. The lowest BCUT2D eigenvalue weighted by Gasteiger charge is -2.33. The molecule has 10 heteroatoms. The van der Waals surface area contributed by atoms with Gasteiger partial charge in [0.2, 0.25) is 5.91 Å². The summed E-state index contributed by atoms with van der Waals surface area (Å²) in [6, 6.07) is 6.38. The summed E-state index contributed by atoms with van der Waals surface area (Å²) >= 11 is 1.24.